The quantitative estimate of drug-likeness (QED) is 0.451. The molecule has 2 heterocycles. The standard InChI is InChI=1S/C8H9N7O/c9-8(16)5-1-2-15(14-5)7-4-11-3-6(12-7)13-10/h1-4H,10H2,(H2,9,16)(H,12,13). The minimum absolute atomic E-state index is 0.160. The molecule has 0 unspecified atom stereocenters. The highest BCUT2D eigenvalue weighted by atomic mass is 16.1. The topological polar surface area (TPSA) is 125 Å². The number of amides is 1. The van der Waals surface area contributed by atoms with Gasteiger partial charge in [0.2, 0.25) is 0 Å². The molecule has 0 aromatic carbocycles. The van der Waals surface area contributed by atoms with Crippen molar-refractivity contribution in [3.8, 4) is 5.82 Å². The van der Waals surface area contributed by atoms with Crippen LogP contribution in [0, 0.1) is 0 Å². The second kappa shape index (κ2) is 3.95. The summed E-state index contributed by atoms with van der Waals surface area (Å²) >= 11 is 0. The number of nitrogens with two attached hydrogens (primary N) is 2. The van der Waals surface area contributed by atoms with Gasteiger partial charge < -0.3 is 11.2 Å². The van der Waals surface area contributed by atoms with Crippen LogP contribution in [-0.2, 0) is 0 Å². The summed E-state index contributed by atoms with van der Waals surface area (Å²) < 4.78 is 1.38. The molecule has 0 bridgehead atoms. The Morgan fingerprint density at radius 2 is 2.25 bits per heavy atom. The summed E-state index contributed by atoms with van der Waals surface area (Å²) in [5, 5.41) is 3.93. The molecule has 0 saturated heterocycles. The molecule has 0 saturated carbocycles. The van der Waals surface area contributed by atoms with Gasteiger partial charge in [0.1, 0.15) is 5.69 Å². The van der Waals surface area contributed by atoms with E-state index in [0.29, 0.717) is 11.6 Å². The van der Waals surface area contributed by atoms with Crippen LogP contribution in [0.2, 0.25) is 0 Å². The molecule has 82 valence electrons. The number of rotatable bonds is 3. The highest BCUT2D eigenvalue weighted by molar-refractivity contribution is 5.90. The third kappa shape index (κ3) is 1.81. The Balaban J connectivity index is 2.38. The maximum atomic E-state index is 10.8. The molecule has 8 heteroatoms. The Labute approximate surface area is 90.3 Å². The monoisotopic (exact) mass is 219 g/mol. The maximum absolute atomic E-state index is 10.8. The van der Waals surface area contributed by atoms with E-state index in [-0.39, 0.29) is 5.69 Å². The minimum Gasteiger partial charge on any atom is -0.364 e. The van der Waals surface area contributed by atoms with Crippen molar-refractivity contribution < 1.29 is 4.79 Å². The molecule has 8 nitrogen and oxygen atoms in total. The van der Waals surface area contributed by atoms with Gasteiger partial charge in [-0.15, -0.1) is 0 Å². The summed E-state index contributed by atoms with van der Waals surface area (Å²) in [6.45, 7) is 0. The summed E-state index contributed by atoms with van der Waals surface area (Å²) in [5.41, 5.74) is 7.60. The molecular formula is C8H9N7O. The van der Waals surface area contributed by atoms with Crippen molar-refractivity contribution in [1.29, 1.82) is 0 Å². The van der Waals surface area contributed by atoms with Crippen LogP contribution in [0.25, 0.3) is 5.82 Å². The summed E-state index contributed by atoms with van der Waals surface area (Å²) in [5.74, 6) is 5.43. The van der Waals surface area contributed by atoms with Gasteiger partial charge in [0.25, 0.3) is 5.91 Å². The highest BCUT2D eigenvalue weighted by Crippen LogP contribution is 2.06. The average Bonchev–Trinajstić information content (AvgIpc) is 2.78. The first-order chi connectivity index (χ1) is 7.70. The molecule has 2 aromatic rings. The largest absolute Gasteiger partial charge is 0.364 e. The molecule has 0 spiro atoms. The van der Waals surface area contributed by atoms with E-state index in [1.54, 1.807) is 6.20 Å². The van der Waals surface area contributed by atoms with Gasteiger partial charge >= 0.3 is 0 Å². The van der Waals surface area contributed by atoms with E-state index in [2.05, 4.69) is 20.5 Å². The fraction of sp³-hybridized carbons (Fsp3) is 0. The van der Waals surface area contributed by atoms with Crippen molar-refractivity contribution in [1.82, 2.24) is 19.7 Å². The third-order valence-electron chi connectivity index (χ3n) is 1.85. The Hall–Kier alpha value is -2.48. The number of carbonyl (C=O) groups is 1. The van der Waals surface area contributed by atoms with Gasteiger partial charge in [-0.2, -0.15) is 5.10 Å². The zero-order valence-corrected chi connectivity index (χ0v) is 8.16. The fourth-order valence-electron chi connectivity index (χ4n) is 1.12. The first kappa shape index (κ1) is 10.1. The number of hydrazine groups is 1. The molecule has 16 heavy (non-hydrogen) atoms. The van der Waals surface area contributed by atoms with Gasteiger partial charge in [0.05, 0.1) is 12.4 Å². The second-order valence-electron chi connectivity index (χ2n) is 2.92. The fourth-order valence-corrected chi connectivity index (χ4v) is 1.12. The molecular weight excluding hydrogens is 210 g/mol. The molecule has 2 rings (SSSR count). The van der Waals surface area contributed by atoms with Crippen LogP contribution >= 0.6 is 0 Å². The summed E-state index contributed by atoms with van der Waals surface area (Å²) in [6, 6.07) is 1.49. The second-order valence-corrected chi connectivity index (χ2v) is 2.92. The Morgan fingerprint density at radius 1 is 1.44 bits per heavy atom. The van der Waals surface area contributed by atoms with E-state index in [1.807, 2.05) is 0 Å². The van der Waals surface area contributed by atoms with E-state index in [9.17, 15) is 4.79 Å². The summed E-state index contributed by atoms with van der Waals surface area (Å²) in [4.78, 5) is 18.8. The molecule has 0 radical (unpaired) electrons. The van der Waals surface area contributed by atoms with Crippen LogP contribution in [0.1, 0.15) is 10.5 Å². The molecule has 1 amide bonds. The molecule has 0 atom stereocenters. The lowest BCUT2D eigenvalue weighted by atomic mass is 10.4. The van der Waals surface area contributed by atoms with E-state index >= 15 is 0 Å². The lowest BCUT2D eigenvalue weighted by Gasteiger charge is -2.02. The van der Waals surface area contributed by atoms with Gasteiger partial charge in [0.15, 0.2) is 11.6 Å². The van der Waals surface area contributed by atoms with Gasteiger partial charge in [-0.25, -0.2) is 15.5 Å². The van der Waals surface area contributed by atoms with Gasteiger partial charge in [-0.1, -0.05) is 0 Å². The number of aromatic nitrogens is 4. The smallest absolute Gasteiger partial charge is 0.269 e. The predicted molar refractivity (Wildman–Crippen MR) is 55.5 cm³/mol. The van der Waals surface area contributed by atoms with Crippen LogP contribution in [0.4, 0.5) is 5.82 Å². The lowest BCUT2D eigenvalue weighted by molar-refractivity contribution is 0.0995. The van der Waals surface area contributed by atoms with Crippen LogP contribution in [0.5, 0.6) is 0 Å². The van der Waals surface area contributed by atoms with Crippen LogP contribution in [-0.4, -0.2) is 25.7 Å². The lowest BCUT2D eigenvalue weighted by Crippen LogP contribution is -2.13. The highest BCUT2D eigenvalue weighted by Gasteiger charge is 2.07. The van der Waals surface area contributed by atoms with Crippen molar-refractivity contribution in [2.24, 2.45) is 11.6 Å². The maximum Gasteiger partial charge on any atom is 0.269 e. The van der Waals surface area contributed by atoms with E-state index in [4.69, 9.17) is 11.6 Å². The number of primary amides is 1. The first-order valence-electron chi connectivity index (χ1n) is 4.35. The van der Waals surface area contributed by atoms with Crippen LogP contribution in [0.15, 0.2) is 24.7 Å². The normalized spacial score (nSPS) is 10.1. The Kier molecular flexibility index (Phi) is 2.48. The van der Waals surface area contributed by atoms with Crippen molar-refractivity contribution in [2.45, 2.75) is 0 Å². The zero-order valence-electron chi connectivity index (χ0n) is 8.16. The number of hydrogen-bond donors (Lipinski definition) is 3. The number of nitrogen functional groups attached to an aromatic ring is 1. The number of nitrogens with one attached hydrogen (secondary N) is 1. The number of hydrogen-bond acceptors (Lipinski definition) is 6. The molecule has 5 N–H and O–H groups in total. The number of nitrogens with zero attached hydrogens (tertiary/aromatic N) is 4. The van der Waals surface area contributed by atoms with Gasteiger partial charge in [-0.05, 0) is 6.07 Å². The Bertz CT molecular complexity index is 521. The minimum atomic E-state index is -0.597. The van der Waals surface area contributed by atoms with Crippen molar-refractivity contribution in [2.75, 3.05) is 5.43 Å². The van der Waals surface area contributed by atoms with Crippen LogP contribution in [0.3, 0.4) is 0 Å². The Morgan fingerprint density at radius 3 is 2.88 bits per heavy atom. The molecule has 0 aliphatic rings. The van der Waals surface area contributed by atoms with Crippen molar-refractivity contribution in [3.63, 3.8) is 0 Å². The van der Waals surface area contributed by atoms with Crippen molar-refractivity contribution in [3.05, 3.63) is 30.4 Å². The van der Waals surface area contributed by atoms with E-state index in [1.165, 1.54) is 23.1 Å². The van der Waals surface area contributed by atoms with E-state index in [0.717, 1.165) is 0 Å². The zero-order chi connectivity index (χ0) is 11.5. The average molecular weight is 219 g/mol. The molecule has 2 aromatic heterocycles. The van der Waals surface area contributed by atoms with E-state index < -0.39 is 5.91 Å². The summed E-state index contributed by atoms with van der Waals surface area (Å²) in [6.07, 6.45) is 4.50. The van der Waals surface area contributed by atoms with Gasteiger partial charge in [0, 0.05) is 6.20 Å². The third-order valence-corrected chi connectivity index (χ3v) is 1.85. The number of carbonyl (C=O) groups excluding carboxylic acids is 1. The summed E-state index contributed by atoms with van der Waals surface area (Å²) in [7, 11) is 0. The molecule has 0 aliphatic carbocycles. The predicted octanol–water partition coefficient (Wildman–Crippen LogP) is -0.953. The number of anilines is 1. The SMILES string of the molecule is NNc1cncc(-n2ccc(C(N)=O)n2)n1. The van der Waals surface area contributed by atoms with Crippen molar-refractivity contribution >= 4 is 11.7 Å². The van der Waals surface area contributed by atoms with Gasteiger partial charge in [-0.3, -0.25) is 9.78 Å². The molecule has 0 fully saturated rings. The molecule has 0 aliphatic heterocycles. The van der Waals surface area contributed by atoms with Crippen LogP contribution < -0.4 is 17.0 Å². The first-order valence-corrected chi connectivity index (χ1v) is 4.35.